The van der Waals surface area contributed by atoms with Gasteiger partial charge >= 0.3 is 6.09 Å². The average Bonchev–Trinajstić information content (AvgIpc) is 2.79. The fourth-order valence-corrected chi connectivity index (χ4v) is 3.88. The lowest BCUT2D eigenvalue weighted by Gasteiger charge is -2.25. The van der Waals surface area contributed by atoms with Gasteiger partial charge < -0.3 is 9.64 Å². The van der Waals surface area contributed by atoms with Crippen molar-refractivity contribution in [1.29, 1.82) is 0 Å². The molecule has 1 aliphatic rings. The van der Waals surface area contributed by atoms with Crippen molar-refractivity contribution in [3.63, 3.8) is 0 Å². The Bertz CT molecular complexity index is 312. The molecule has 21 heavy (non-hydrogen) atoms. The smallest absolute Gasteiger partial charge is 0.410 e. The standard InChI is InChI=1S/C17H33NO2S/c1-14(2)20-16(19)18-11-6-8-15(18)9-7-12-21-13-10-17(3,4)5/h14-15H,6-13H2,1-5H3. The van der Waals surface area contributed by atoms with E-state index in [0.29, 0.717) is 11.5 Å². The lowest BCUT2D eigenvalue weighted by molar-refractivity contribution is 0.0722. The van der Waals surface area contributed by atoms with Crippen LogP contribution in [0, 0.1) is 5.41 Å². The molecule has 1 amide bonds. The number of ether oxygens (including phenoxy) is 1. The minimum Gasteiger partial charge on any atom is -0.447 e. The zero-order chi connectivity index (χ0) is 15.9. The van der Waals surface area contributed by atoms with Gasteiger partial charge in [0.15, 0.2) is 0 Å². The van der Waals surface area contributed by atoms with Crippen molar-refractivity contribution in [2.75, 3.05) is 18.1 Å². The predicted molar refractivity (Wildman–Crippen MR) is 92.0 cm³/mol. The first kappa shape index (κ1) is 18.7. The molecule has 0 bridgehead atoms. The van der Waals surface area contributed by atoms with Gasteiger partial charge in [-0.2, -0.15) is 11.8 Å². The number of carbonyl (C=O) groups excluding carboxylic acids is 1. The Hall–Kier alpha value is -0.380. The molecule has 0 radical (unpaired) electrons. The number of likely N-dealkylation sites (tertiary alicyclic amines) is 1. The Morgan fingerprint density at radius 1 is 1.33 bits per heavy atom. The van der Waals surface area contributed by atoms with Gasteiger partial charge in [-0.15, -0.1) is 0 Å². The van der Waals surface area contributed by atoms with E-state index < -0.39 is 0 Å². The number of hydrogen-bond donors (Lipinski definition) is 0. The first-order valence-corrected chi connectivity index (χ1v) is 9.50. The van der Waals surface area contributed by atoms with E-state index in [2.05, 4.69) is 20.8 Å². The van der Waals surface area contributed by atoms with Crippen LogP contribution in [0.15, 0.2) is 0 Å². The van der Waals surface area contributed by atoms with Gasteiger partial charge in [0.1, 0.15) is 0 Å². The number of hydrogen-bond acceptors (Lipinski definition) is 3. The molecule has 1 unspecified atom stereocenters. The van der Waals surface area contributed by atoms with Crippen LogP contribution in [0.1, 0.15) is 66.7 Å². The van der Waals surface area contributed by atoms with Gasteiger partial charge in [-0.05, 0) is 62.9 Å². The zero-order valence-corrected chi connectivity index (χ0v) is 15.3. The fraction of sp³-hybridized carbons (Fsp3) is 0.941. The van der Waals surface area contributed by atoms with Crippen molar-refractivity contribution in [1.82, 2.24) is 4.90 Å². The summed E-state index contributed by atoms with van der Waals surface area (Å²) in [7, 11) is 0. The van der Waals surface area contributed by atoms with Gasteiger partial charge in [0, 0.05) is 12.6 Å². The number of rotatable bonds is 7. The summed E-state index contributed by atoms with van der Waals surface area (Å²) in [5.74, 6) is 2.45. The van der Waals surface area contributed by atoms with Crippen LogP contribution in [0.3, 0.4) is 0 Å². The summed E-state index contributed by atoms with van der Waals surface area (Å²) in [4.78, 5) is 14.0. The molecule has 1 rings (SSSR count). The molecule has 1 atom stereocenters. The van der Waals surface area contributed by atoms with E-state index in [-0.39, 0.29) is 12.2 Å². The maximum atomic E-state index is 12.0. The van der Waals surface area contributed by atoms with Gasteiger partial charge in [0.05, 0.1) is 6.10 Å². The molecule has 0 aromatic rings. The van der Waals surface area contributed by atoms with Crippen molar-refractivity contribution >= 4 is 17.9 Å². The largest absolute Gasteiger partial charge is 0.447 e. The van der Waals surface area contributed by atoms with Crippen molar-refractivity contribution in [2.45, 2.75) is 78.9 Å². The molecule has 1 aliphatic heterocycles. The van der Waals surface area contributed by atoms with Gasteiger partial charge in [0.2, 0.25) is 0 Å². The summed E-state index contributed by atoms with van der Waals surface area (Å²) >= 11 is 2.05. The van der Waals surface area contributed by atoms with Crippen molar-refractivity contribution < 1.29 is 9.53 Å². The third-order valence-corrected chi connectivity index (χ3v) is 4.84. The van der Waals surface area contributed by atoms with E-state index in [1.165, 1.54) is 24.3 Å². The van der Waals surface area contributed by atoms with Gasteiger partial charge in [-0.3, -0.25) is 0 Å². The molecule has 0 spiro atoms. The quantitative estimate of drug-likeness (QED) is 0.623. The average molecular weight is 316 g/mol. The number of amides is 1. The van der Waals surface area contributed by atoms with E-state index >= 15 is 0 Å². The van der Waals surface area contributed by atoms with Gasteiger partial charge in [-0.1, -0.05) is 20.8 Å². The molecule has 3 nitrogen and oxygen atoms in total. The molecule has 124 valence electrons. The highest BCUT2D eigenvalue weighted by Gasteiger charge is 2.29. The third kappa shape index (κ3) is 7.98. The number of nitrogens with zero attached hydrogens (tertiary/aromatic N) is 1. The van der Waals surface area contributed by atoms with Crippen LogP contribution in [0.2, 0.25) is 0 Å². The molecule has 0 aromatic heterocycles. The minimum absolute atomic E-state index is 0.0216. The lowest BCUT2D eigenvalue weighted by atomic mass is 9.94. The summed E-state index contributed by atoms with van der Waals surface area (Å²) in [5.41, 5.74) is 0.440. The molecule has 4 heteroatoms. The fourth-order valence-electron chi connectivity index (χ4n) is 2.55. The maximum absolute atomic E-state index is 12.0. The normalized spacial score (nSPS) is 19.3. The number of thioether (sulfide) groups is 1. The monoisotopic (exact) mass is 315 g/mol. The van der Waals surface area contributed by atoms with Crippen LogP contribution < -0.4 is 0 Å². The van der Waals surface area contributed by atoms with Crippen molar-refractivity contribution in [2.24, 2.45) is 5.41 Å². The molecule has 0 aromatic carbocycles. The molecule has 0 saturated carbocycles. The topological polar surface area (TPSA) is 29.5 Å². The van der Waals surface area contributed by atoms with Crippen LogP contribution in [0.5, 0.6) is 0 Å². The van der Waals surface area contributed by atoms with Crippen molar-refractivity contribution in [3.05, 3.63) is 0 Å². The highest BCUT2D eigenvalue weighted by Crippen LogP contribution is 2.25. The van der Waals surface area contributed by atoms with Crippen LogP contribution >= 0.6 is 11.8 Å². The molecule has 1 heterocycles. The van der Waals surface area contributed by atoms with E-state index in [0.717, 1.165) is 25.8 Å². The van der Waals surface area contributed by atoms with E-state index in [1.807, 2.05) is 30.5 Å². The van der Waals surface area contributed by atoms with Crippen molar-refractivity contribution in [3.8, 4) is 0 Å². The molecular weight excluding hydrogens is 282 g/mol. The number of carbonyl (C=O) groups is 1. The first-order valence-electron chi connectivity index (χ1n) is 8.34. The summed E-state index contributed by atoms with van der Waals surface area (Å²) in [6.45, 7) is 11.6. The maximum Gasteiger partial charge on any atom is 0.410 e. The first-order chi connectivity index (χ1) is 9.79. The summed E-state index contributed by atoms with van der Waals surface area (Å²) in [6, 6.07) is 0.402. The van der Waals surface area contributed by atoms with Crippen LogP contribution in [0.4, 0.5) is 4.79 Å². The summed E-state index contributed by atoms with van der Waals surface area (Å²) in [5, 5.41) is 0. The van der Waals surface area contributed by atoms with E-state index in [1.54, 1.807) is 0 Å². The van der Waals surface area contributed by atoms with Crippen LogP contribution in [-0.4, -0.2) is 41.2 Å². The lowest BCUT2D eigenvalue weighted by Crippen LogP contribution is -2.37. The Labute approximate surface area is 135 Å². The summed E-state index contributed by atoms with van der Waals surface area (Å²) < 4.78 is 5.33. The second-order valence-corrected chi connectivity index (χ2v) is 8.71. The third-order valence-electron chi connectivity index (χ3n) is 3.77. The Morgan fingerprint density at radius 3 is 2.67 bits per heavy atom. The Morgan fingerprint density at radius 2 is 2.05 bits per heavy atom. The summed E-state index contributed by atoms with van der Waals surface area (Å²) in [6.07, 6.45) is 5.71. The van der Waals surface area contributed by atoms with Crippen LogP contribution in [-0.2, 0) is 4.74 Å². The Balaban J connectivity index is 2.17. The van der Waals surface area contributed by atoms with Crippen LogP contribution in [0.25, 0.3) is 0 Å². The van der Waals surface area contributed by atoms with E-state index in [9.17, 15) is 4.79 Å². The molecule has 0 N–H and O–H groups in total. The second kappa shape index (κ2) is 8.92. The molecule has 1 fully saturated rings. The highest BCUT2D eigenvalue weighted by atomic mass is 32.2. The Kier molecular flexibility index (Phi) is 7.93. The highest BCUT2D eigenvalue weighted by molar-refractivity contribution is 7.99. The zero-order valence-electron chi connectivity index (χ0n) is 14.5. The van der Waals surface area contributed by atoms with Gasteiger partial charge in [0.25, 0.3) is 0 Å². The SMILES string of the molecule is CC(C)OC(=O)N1CCCC1CCCSCCC(C)(C)C. The van der Waals surface area contributed by atoms with E-state index in [4.69, 9.17) is 4.74 Å². The molecule has 0 aliphatic carbocycles. The van der Waals surface area contributed by atoms with Gasteiger partial charge in [-0.25, -0.2) is 4.79 Å². The molecular formula is C17H33NO2S. The second-order valence-electron chi connectivity index (χ2n) is 7.49. The predicted octanol–water partition coefficient (Wildman–Crippen LogP) is 4.95. The molecule has 1 saturated heterocycles. The minimum atomic E-state index is -0.118.